The van der Waals surface area contributed by atoms with Crippen molar-refractivity contribution >= 4 is 147 Å². The maximum absolute atomic E-state index is 0. The average Bonchev–Trinajstić information content (AvgIpc) is 0. The molecule has 0 aromatic rings. The van der Waals surface area contributed by atoms with Gasteiger partial charge in [-0.1, -0.05) is 0 Å². The summed E-state index contributed by atoms with van der Waals surface area (Å²) in [4.78, 5) is 0. The molecule has 0 nitrogen and oxygen atoms in total. The second-order valence-corrected chi connectivity index (χ2v) is 0. The quantitative estimate of drug-likeness (QED) is 0.290. The van der Waals surface area contributed by atoms with Gasteiger partial charge in [-0.2, -0.15) is 0 Å². The van der Waals surface area contributed by atoms with Crippen molar-refractivity contribution in [1.82, 2.24) is 0 Å². The molecule has 9 heavy (non-hydrogen) atoms. The van der Waals surface area contributed by atoms with Crippen molar-refractivity contribution in [3.05, 3.63) is 0 Å². The smallest absolute Gasteiger partial charge is 0 e. The van der Waals surface area contributed by atoms with Crippen LogP contribution in [0.2, 0.25) is 0 Å². The minimum absolute atomic E-state index is 0. The Balaban J connectivity index is 0. The van der Waals surface area contributed by atoms with Crippen molar-refractivity contribution in [3.8, 4) is 0 Å². The first-order chi connectivity index (χ1) is 0. The minimum Gasteiger partial charge on any atom is -0.107 e. The molecule has 0 amide bonds. The first kappa shape index (κ1) is 73.9. The van der Waals surface area contributed by atoms with Gasteiger partial charge in [-0.05, 0) is 0 Å². The number of hydrogen-bond donors (Lipinski definition) is 0. The fourth-order valence-electron chi connectivity index (χ4n) is 0. The van der Waals surface area contributed by atoms with Crippen molar-refractivity contribution in [2.24, 2.45) is 0 Å². The zero-order valence-corrected chi connectivity index (χ0v) is 20.8. The Bertz CT molecular complexity index is 28.5. The normalized spacial score (nSPS) is 0. The molecular formula is HCaCrFeIKMgMoSiV. The maximum atomic E-state index is 0. The minimum atomic E-state index is 0. The molecule has 0 N–H and O–H groups in total. The van der Waals surface area contributed by atoms with Gasteiger partial charge in [0.1, 0.15) is 0 Å². The molecule has 0 saturated heterocycles. The van der Waals surface area contributed by atoms with Crippen LogP contribution >= 0.6 is 24.0 Å². The molecule has 0 fully saturated rings. The maximum Gasteiger partial charge on any atom is 0 e. The van der Waals surface area contributed by atoms with Gasteiger partial charge >= 0.3 is 0 Å². The van der Waals surface area contributed by atoms with E-state index in [0.29, 0.717) is 0 Å². The van der Waals surface area contributed by atoms with Gasteiger partial charge in [0.05, 0.1) is 0 Å². The molecule has 0 aromatic heterocycles. The first-order valence-electron chi connectivity index (χ1n) is 0. The van der Waals surface area contributed by atoms with E-state index in [0.717, 1.165) is 0 Å². The van der Waals surface area contributed by atoms with Gasteiger partial charge in [0.15, 0.2) is 0 Å². The second-order valence-electron chi connectivity index (χ2n) is 0. The fraction of sp³-hybridized carbons (Fsp3) is 0. The fourth-order valence-corrected chi connectivity index (χ4v) is 0. The zero-order valence-electron chi connectivity index (χ0n) is 4.94. The Hall–Kier alpha value is 6.93. The van der Waals surface area contributed by atoms with Gasteiger partial charge in [-0.25, -0.2) is 0 Å². The molecule has 0 aliphatic rings. The molecule has 0 aliphatic heterocycles. The van der Waals surface area contributed by atoms with Gasteiger partial charge in [0, 0.05) is 197 Å². The van der Waals surface area contributed by atoms with Gasteiger partial charge < -0.3 is 0 Å². The van der Waals surface area contributed by atoms with E-state index in [9.17, 15) is 0 Å². The average molecular weight is 514 g/mol. The molecule has 0 spiro atoms. The molecule has 0 rings (SSSR count). The molecule has 42 valence electrons. The predicted molar refractivity (Wildman–Crippen MR) is 38.4 cm³/mol. The summed E-state index contributed by atoms with van der Waals surface area (Å²) in [5, 5.41) is 0. The number of rotatable bonds is 0. The molecule has 10 radical (unpaired) electrons. The number of halogens is 1. The van der Waals surface area contributed by atoms with Crippen molar-refractivity contribution in [2.75, 3.05) is 0 Å². The summed E-state index contributed by atoms with van der Waals surface area (Å²) >= 11 is 0. The summed E-state index contributed by atoms with van der Waals surface area (Å²) < 4.78 is 0. The van der Waals surface area contributed by atoms with E-state index in [4.69, 9.17) is 0 Å². The van der Waals surface area contributed by atoms with Crippen molar-refractivity contribution in [2.45, 2.75) is 0 Å². The van der Waals surface area contributed by atoms with Crippen LogP contribution in [0.25, 0.3) is 0 Å². The SMILES string of the molecule is I.[Ca].[Cr].[Fe].[K].[Mg].[Mo].[Si].[V]. The van der Waals surface area contributed by atoms with Crippen LogP contribution in [-0.4, -0.2) is 123 Å². The molecule has 0 atom stereocenters. The predicted octanol–water partition coefficient (Wildman–Crippen LogP) is -0.915. The molecule has 9 heteroatoms. The van der Waals surface area contributed by atoms with Crippen LogP contribution in [0.1, 0.15) is 0 Å². The third-order valence-corrected chi connectivity index (χ3v) is 0. The number of hydrogen-bond acceptors (Lipinski definition) is 0. The summed E-state index contributed by atoms with van der Waals surface area (Å²) in [6, 6.07) is 0. The van der Waals surface area contributed by atoms with E-state index in [-0.39, 0.29) is 221 Å². The van der Waals surface area contributed by atoms with Crippen LogP contribution in [0.3, 0.4) is 0 Å². The third-order valence-electron chi connectivity index (χ3n) is 0. The van der Waals surface area contributed by atoms with Crippen LogP contribution in [0.4, 0.5) is 0 Å². The summed E-state index contributed by atoms with van der Waals surface area (Å²) in [6.07, 6.45) is 0. The van der Waals surface area contributed by atoms with Crippen molar-refractivity contribution in [3.63, 3.8) is 0 Å². The van der Waals surface area contributed by atoms with E-state index in [1.165, 1.54) is 0 Å². The van der Waals surface area contributed by atoms with E-state index < -0.39 is 0 Å². The van der Waals surface area contributed by atoms with E-state index in [1.54, 1.807) is 0 Å². The standard InChI is InChI=1S/Ca.Cr.Fe.HI.K.Mg.Mo.Si.V/h;;;1H;;;;;. The Morgan fingerprint density at radius 2 is 1.00 bits per heavy atom. The van der Waals surface area contributed by atoms with Gasteiger partial charge in [0.2, 0.25) is 0 Å². The third kappa shape index (κ3) is 52.0. The first-order valence-corrected chi connectivity index (χ1v) is 0. The Morgan fingerprint density at radius 3 is 1.00 bits per heavy atom. The molecule has 0 aromatic carbocycles. The monoisotopic (exact) mass is 516 g/mol. The largest absolute Gasteiger partial charge is 0.107 e. The van der Waals surface area contributed by atoms with Crippen LogP contribution < -0.4 is 0 Å². The Morgan fingerprint density at radius 1 is 1.00 bits per heavy atom. The Labute approximate surface area is 214 Å². The van der Waals surface area contributed by atoms with Gasteiger partial charge in [-0.3, -0.25) is 0 Å². The summed E-state index contributed by atoms with van der Waals surface area (Å²) in [5.74, 6) is 0. The summed E-state index contributed by atoms with van der Waals surface area (Å²) in [7, 11) is 0. The molecular weight excluding hydrogens is 513 g/mol. The molecule has 0 aliphatic carbocycles. The van der Waals surface area contributed by atoms with Crippen LogP contribution in [0.5, 0.6) is 0 Å². The molecule has 0 saturated carbocycles. The van der Waals surface area contributed by atoms with Crippen molar-refractivity contribution in [1.29, 1.82) is 0 Å². The van der Waals surface area contributed by atoms with Crippen LogP contribution in [0.15, 0.2) is 0 Å². The van der Waals surface area contributed by atoms with Crippen LogP contribution in [0, 0.1) is 0 Å². The van der Waals surface area contributed by atoms with Gasteiger partial charge in [-0.15, -0.1) is 24.0 Å². The summed E-state index contributed by atoms with van der Waals surface area (Å²) in [5.41, 5.74) is 0. The van der Waals surface area contributed by atoms with E-state index in [2.05, 4.69) is 0 Å². The second kappa shape index (κ2) is 60.3. The zero-order chi connectivity index (χ0) is 0. The topological polar surface area (TPSA) is 0 Å². The molecule has 0 unspecified atom stereocenters. The molecule has 0 bridgehead atoms. The Kier molecular flexibility index (Phi) is 495. The summed E-state index contributed by atoms with van der Waals surface area (Å²) in [6.45, 7) is 0. The molecule has 0 heterocycles. The van der Waals surface area contributed by atoms with Crippen LogP contribution in [-0.2, 0) is 74.1 Å². The van der Waals surface area contributed by atoms with E-state index >= 15 is 0 Å². The van der Waals surface area contributed by atoms with Crippen molar-refractivity contribution < 1.29 is 74.1 Å². The van der Waals surface area contributed by atoms with Gasteiger partial charge in [0.25, 0.3) is 0 Å². The van der Waals surface area contributed by atoms with E-state index in [1.807, 2.05) is 0 Å².